The van der Waals surface area contributed by atoms with E-state index in [2.05, 4.69) is 21.3 Å². The van der Waals surface area contributed by atoms with Crippen molar-refractivity contribution in [3.05, 3.63) is 65.5 Å². The number of hydrogen-bond donors (Lipinski definition) is 4. The molecule has 7 nitrogen and oxygen atoms in total. The van der Waals surface area contributed by atoms with Crippen molar-refractivity contribution in [1.29, 1.82) is 0 Å². The van der Waals surface area contributed by atoms with Crippen LogP contribution in [0, 0.1) is 5.82 Å². The van der Waals surface area contributed by atoms with Crippen molar-refractivity contribution in [1.82, 2.24) is 16.0 Å². The molecule has 4 N–H and O–H groups in total. The number of benzene rings is 2. The van der Waals surface area contributed by atoms with Crippen molar-refractivity contribution in [3.63, 3.8) is 0 Å². The molecule has 0 aliphatic rings. The topological polar surface area (TPSA) is 99.3 Å². The van der Waals surface area contributed by atoms with Gasteiger partial charge in [0.2, 0.25) is 5.91 Å². The molecule has 8 heteroatoms. The Hall–Kier alpha value is -3.42. The van der Waals surface area contributed by atoms with Crippen molar-refractivity contribution in [2.75, 3.05) is 12.4 Å². The molecule has 0 heterocycles. The maximum atomic E-state index is 12.9. The quantitative estimate of drug-likeness (QED) is 0.548. The minimum Gasteiger partial charge on any atom is -0.355 e. The number of halogens is 1. The summed E-state index contributed by atoms with van der Waals surface area (Å²) in [6.07, 6.45) is 1.16. The molecular weight excluding hydrogens is 375 g/mol. The Kier molecular flexibility index (Phi) is 8.14. The summed E-state index contributed by atoms with van der Waals surface area (Å²) in [7, 11) is 1.54. The number of carbonyl (C=O) groups excluding carboxylic acids is 3. The summed E-state index contributed by atoms with van der Waals surface area (Å²) >= 11 is 0. The Morgan fingerprint density at radius 3 is 2.24 bits per heavy atom. The average molecular weight is 400 g/mol. The van der Waals surface area contributed by atoms with E-state index in [0.29, 0.717) is 24.1 Å². The predicted molar refractivity (Wildman–Crippen MR) is 109 cm³/mol. The first-order valence-corrected chi connectivity index (χ1v) is 9.34. The van der Waals surface area contributed by atoms with E-state index in [1.54, 1.807) is 43.4 Å². The largest absolute Gasteiger partial charge is 0.355 e. The fourth-order valence-corrected chi connectivity index (χ4v) is 2.63. The molecular formula is C21H25FN4O3. The fraction of sp³-hybridized carbons (Fsp3) is 0.286. The highest BCUT2D eigenvalue weighted by atomic mass is 19.1. The van der Waals surface area contributed by atoms with E-state index < -0.39 is 12.1 Å². The normalized spacial score (nSPS) is 11.3. The van der Waals surface area contributed by atoms with E-state index in [4.69, 9.17) is 0 Å². The van der Waals surface area contributed by atoms with Gasteiger partial charge in [-0.1, -0.05) is 25.5 Å². The molecule has 0 aromatic heterocycles. The van der Waals surface area contributed by atoms with Gasteiger partial charge in [0.05, 0.1) is 0 Å². The summed E-state index contributed by atoms with van der Waals surface area (Å²) in [4.78, 5) is 36.3. The summed E-state index contributed by atoms with van der Waals surface area (Å²) in [6, 6.07) is 11.0. The maximum Gasteiger partial charge on any atom is 0.315 e. The molecule has 0 saturated carbocycles. The highest BCUT2D eigenvalue weighted by molar-refractivity contribution is 5.98. The van der Waals surface area contributed by atoms with Crippen molar-refractivity contribution in [2.45, 2.75) is 32.4 Å². The van der Waals surface area contributed by atoms with E-state index in [1.165, 1.54) is 12.1 Å². The molecule has 29 heavy (non-hydrogen) atoms. The molecule has 0 spiro atoms. The molecule has 0 bridgehead atoms. The van der Waals surface area contributed by atoms with Gasteiger partial charge in [0.1, 0.15) is 11.9 Å². The van der Waals surface area contributed by atoms with Crippen LogP contribution in [-0.4, -0.2) is 30.9 Å². The number of carbonyl (C=O) groups is 3. The second kappa shape index (κ2) is 10.8. The van der Waals surface area contributed by atoms with Crippen LogP contribution in [0.3, 0.4) is 0 Å². The third-order valence-corrected chi connectivity index (χ3v) is 4.21. The van der Waals surface area contributed by atoms with Gasteiger partial charge in [-0.3, -0.25) is 9.59 Å². The van der Waals surface area contributed by atoms with E-state index in [9.17, 15) is 18.8 Å². The SMILES string of the molecule is CCCC(NC(=O)NCc1ccc(F)cc1)C(=O)Nc1ccc(C(=O)NC)cc1. The van der Waals surface area contributed by atoms with Gasteiger partial charge in [0, 0.05) is 24.8 Å². The molecule has 4 amide bonds. The first-order valence-electron chi connectivity index (χ1n) is 9.34. The van der Waals surface area contributed by atoms with E-state index >= 15 is 0 Å². The Balaban J connectivity index is 1.91. The van der Waals surface area contributed by atoms with Crippen LogP contribution in [0.25, 0.3) is 0 Å². The first kappa shape index (κ1) is 21.9. The van der Waals surface area contributed by atoms with Crippen LogP contribution >= 0.6 is 0 Å². The zero-order valence-corrected chi connectivity index (χ0v) is 16.4. The van der Waals surface area contributed by atoms with Gasteiger partial charge in [-0.05, 0) is 48.4 Å². The third-order valence-electron chi connectivity index (χ3n) is 4.21. The number of rotatable bonds is 8. The Labute approximate surface area is 169 Å². The summed E-state index contributed by atoms with van der Waals surface area (Å²) in [5, 5.41) is 10.6. The van der Waals surface area contributed by atoms with Gasteiger partial charge in [0.25, 0.3) is 5.91 Å². The molecule has 1 atom stereocenters. The summed E-state index contributed by atoms with van der Waals surface area (Å²) in [5.74, 6) is -0.913. The zero-order chi connectivity index (χ0) is 21.2. The van der Waals surface area contributed by atoms with Gasteiger partial charge in [0.15, 0.2) is 0 Å². The molecule has 0 saturated heterocycles. The van der Waals surface area contributed by atoms with Crippen LogP contribution in [0.4, 0.5) is 14.9 Å². The monoisotopic (exact) mass is 400 g/mol. The van der Waals surface area contributed by atoms with Crippen molar-refractivity contribution < 1.29 is 18.8 Å². The van der Waals surface area contributed by atoms with E-state index in [-0.39, 0.29) is 24.2 Å². The van der Waals surface area contributed by atoms with Crippen molar-refractivity contribution >= 4 is 23.5 Å². The number of amides is 4. The zero-order valence-electron chi connectivity index (χ0n) is 16.4. The highest BCUT2D eigenvalue weighted by Crippen LogP contribution is 2.11. The van der Waals surface area contributed by atoms with Gasteiger partial charge in [-0.15, -0.1) is 0 Å². The maximum absolute atomic E-state index is 12.9. The number of nitrogens with one attached hydrogen (secondary N) is 4. The van der Waals surface area contributed by atoms with E-state index in [1.807, 2.05) is 6.92 Å². The molecule has 2 aromatic rings. The minimum absolute atomic E-state index is 0.216. The average Bonchev–Trinajstić information content (AvgIpc) is 2.73. The van der Waals surface area contributed by atoms with Crippen LogP contribution in [-0.2, 0) is 11.3 Å². The van der Waals surface area contributed by atoms with E-state index in [0.717, 1.165) is 5.56 Å². The lowest BCUT2D eigenvalue weighted by Gasteiger charge is -2.18. The molecule has 0 aliphatic carbocycles. The number of hydrogen-bond acceptors (Lipinski definition) is 3. The summed E-state index contributed by atoms with van der Waals surface area (Å²) in [6.45, 7) is 2.13. The second-order valence-corrected chi connectivity index (χ2v) is 6.44. The van der Waals surface area contributed by atoms with Crippen LogP contribution in [0.2, 0.25) is 0 Å². The van der Waals surface area contributed by atoms with Crippen LogP contribution in [0.1, 0.15) is 35.7 Å². The third kappa shape index (κ3) is 6.91. The van der Waals surface area contributed by atoms with Gasteiger partial charge in [-0.25, -0.2) is 9.18 Å². The summed E-state index contributed by atoms with van der Waals surface area (Å²) in [5.41, 5.74) is 1.75. The lowest BCUT2D eigenvalue weighted by atomic mass is 10.1. The van der Waals surface area contributed by atoms with Gasteiger partial charge >= 0.3 is 6.03 Å². The Morgan fingerprint density at radius 1 is 1.00 bits per heavy atom. The lowest BCUT2D eigenvalue weighted by Crippen LogP contribution is -2.47. The molecule has 0 radical (unpaired) electrons. The summed E-state index contributed by atoms with van der Waals surface area (Å²) < 4.78 is 12.9. The molecule has 0 fully saturated rings. The Bertz CT molecular complexity index is 838. The van der Waals surface area contributed by atoms with Crippen LogP contribution in [0.15, 0.2) is 48.5 Å². The van der Waals surface area contributed by atoms with Crippen LogP contribution < -0.4 is 21.3 Å². The van der Waals surface area contributed by atoms with Gasteiger partial charge < -0.3 is 21.3 Å². The van der Waals surface area contributed by atoms with Crippen molar-refractivity contribution in [2.24, 2.45) is 0 Å². The number of urea groups is 1. The lowest BCUT2D eigenvalue weighted by molar-refractivity contribution is -0.118. The predicted octanol–water partition coefficient (Wildman–Crippen LogP) is 2.79. The molecule has 0 aliphatic heterocycles. The molecule has 154 valence electrons. The Morgan fingerprint density at radius 2 is 1.66 bits per heavy atom. The minimum atomic E-state index is -0.716. The standard InChI is InChI=1S/C21H25FN4O3/c1-3-4-18(26-21(29)24-13-14-5-9-16(22)10-6-14)20(28)25-17-11-7-15(8-12-17)19(27)23-2/h5-12,18H,3-4,13H2,1-2H3,(H,23,27)(H,25,28)(H2,24,26,29). The highest BCUT2D eigenvalue weighted by Gasteiger charge is 2.20. The smallest absolute Gasteiger partial charge is 0.315 e. The van der Waals surface area contributed by atoms with Crippen molar-refractivity contribution in [3.8, 4) is 0 Å². The molecule has 2 aromatic carbocycles. The fourth-order valence-electron chi connectivity index (χ4n) is 2.63. The number of anilines is 1. The van der Waals surface area contributed by atoms with Crippen LogP contribution in [0.5, 0.6) is 0 Å². The molecule has 2 rings (SSSR count). The second-order valence-electron chi connectivity index (χ2n) is 6.44. The van der Waals surface area contributed by atoms with Gasteiger partial charge in [-0.2, -0.15) is 0 Å². The molecule has 1 unspecified atom stereocenters. The first-order chi connectivity index (χ1) is 13.9.